The lowest BCUT2D eigenvalue weighted by atomic mass is 10.1. The molecule has 0 saturated carbocycles. The molecule has 2 aromatic rings. The lowest BCUT2D eigenvalue weighted by molar-refractivity contribution is 0.535. The zero-order valence-electron chi connectivity index (χ0n) is 11.4. The molecule has 96 valence electrons. The molecule has 1 N–H and O–H groups in total. The molecule has 0 atom stereocenters. The fraction of sp³-hybridized carbons (Fsp3) is 0.429. The van der Waals surface area contributed by atoms with Crippen LogP contribution in [0.25, 0.3) is 11.4 Å². The summed E-state index contributed by atoms with van der Waals surface area (Å²) < 4.78 is 5.31. The Hall–Kier alpha value is -1.84. The molecule has 0 fully saturated rings. The molecule has 4 heteroatoms. The monoisotopic (exact) mass is 245 g/mol. The van der Waals surface area contributed by atoms with Gasteiger partial charge in [0.1, 0.15) is 11.6 Å². The molecular formula is C14H19N3O. The Balaban J connectivity index is 2.54. The summed E-state index contributed by atoms with van der Waals surface area (Å²) in [7, 11) is 0. The molecule has 0 spiro atoms. The number of rotatable bonds is 4. The summed E-state index contributed by atoms with van der Waals surface area (Å²) in [6, 6.07) is 1.91. The number of furan rings is 1. The Morgan fingerprint density at radius 3 is 2.56 bits per heavy atom. The second-order valence-corrected chi connectivity index (χ2v) is 4.23. The summed E-state index contributed by atoms with van der Waals surface area (Å²) in [5.74, 6) is 2.51. The molecule has 2 rings (SSSR count). The van der Waals surface area contributed by atoms with Crippen molar-refractivity contribution in [3.8, 4) is 11.4 Å². The van der Waals surface area contributed by atoms with E-state index in [4.69, 9.17) is 4.42 Å². The molecule has 4 nitrogen and oxygen atoms in total. The van der Waals surface area contributed by atoms with Crippen molar-refractivity contribution in [2.75, 3.05) is 11.9 Å². The molecule has 18 heavy (non-hydrogen) atoms. The Morgan fingerprint density at radius 2 is 2.00 bits per heavy atom. The highest BCUT2D eigenvalue weighted by molar-refractivity contribution is 5.61. The van der Waals surface area contributed by atoms with Gasteiger partial charge in [-0.15, -0.1) is 0 Å². The van der Waals surface area contributed by atoms with E-state index in [1.54, 1.807) is 6.26 Å². The van der Waals surface area contributed by atoms with Crippen LogP contribution < -0.4 is 5.32 Å². The topological polar surface area (TPSA) is 51.0 Å². The summed E-state index contributed by atoms with van der Waals surface area (Å²) in [4.78, 5) is 9.19. The summed E-state index contributed by atoms with van der Waals surface area (Å²) in [6.07, 6.45) is 2.60. The van der Waals surface area contributed by atoms with Crippen LogP contribution in [0.5, 0.6) is 0 Å². The second-order valence-electron chi connectivity index (χ2n) is 4.23. The molecule has 0 saturated heterocycles. The fourth-order valence-corrected chi connectivity index (χ4v) is 2.07. The van der Waals surface area contributed by atoms with Gasteiger partial charge in [-0.2, -0.15) is 0 Å². The highest BCUT2D eigenvalue weighted by Gasteiger charge is 2.13. The van der Waals surface area contributed by atoms with E-state index in [1.165, 1.54) is 5.56 Å². The van der Waals surface area contributed by atoms with Crippen molar-refractivity contribution in [1.29, 1.82) is 0 Å². The molecule has 2 heterocycles. The maximum absolute atomic E-state index is 5.31. The van der Waals surface area contributed by atoms with E-state index in [2.05, 4.69) is 29.1 Å². The minimum Gasteiger partial charge on any atom is -0.469 e. The Labute approximate surface area is 107 Å². The smallest absolute Gasteiger partial charge is 0.165 e. The van der Waals surface area contributed by atoms with Crippen molar-refractivity contribution in [2.45, 2.75) is 34.1 Å². The van der Waals surface area contributed by atoms with Gasteiger partial charge in [0.05, 0.1) is 11.8 Å². The molecule has 0 bridgehead atoms. The van der Waals surface area contributed by atoms with Gasteiger partial charge in [-0.05, 0) is 33.3 Å². The zero-order valence-corrected chi connectivity index (χ0v) is 11.4. The van der Waals surface area contributed by atoms with Gasteiger partial charge in [-0.3, -0.25) is 0 Å². The van der Waals surface area contributed by atoms with Crippen molar-refractivity contribution in [3.63, 3.8) is 0 Å². The largest absolute Gasteiger partial charge is 0.469 e. The number of nitrogens with zero attached hydrogens (tertiary/aromatic N) is 2. The minimum atomic E-state index is 0.729. The van der Waals surface area contributed by atoms with E-state index in [-0.39, 0.29) is 0 Å². The van der Waals surface area contributed by atoms with Gasteiger partial charge < -0.3 is 9.73 Å². The predicted octanol–water partition coefficient (Wildman–Crippen LogP) is 3.35. The highest BCUT2D eigenvalue weighted by atomic mass is 16.3. The van der Waals surface area contributed by atoms with Crippen molar-refractivity contribution < 1.29 is 4.42 Å². The van der Waals surface area contributed by atoms with Crippen LogP contribution in [0.3, 0.4) is 0 Å². The first-order valence-corrected chi connectivity index (χ1v) is 6.33. The first-order valence-electron chi connectivity index (χ1n) is 6.33. The van der Waals surface area contributed by atoms with Crippen LogP contribution in [0.2, 0.25) is 0 Å². The van der Waals surface area contributed by atoms with Gasteiger partial charge >= 0.3 is 0 Å². The van der Waals surface area contributed by atoms with Gasteiger partial charge in [0.15, 0.2) is 5.82 Å². The predicted molar refractivity (Wildman–Crippen MR) is 72.7 cm³/mol. The summed E-state index contributed by atoms with van der Waals surface area (Å²) in [5.41, 5.74) is 3.17. The summed E-state index contributed by atoms with van der Waals surface area (Å²) in [6.45, 7) is 9.00. The van der Waals surface area contributed by atoms with Crippen LogP contribution in [-0.2, 0) is 6.42 Å². The van der Waals surface area contributed by atoms with Crippen LogP contribution in [0.4, 0.5) is 5.82 Å². The van der Waals surface area contributed by atoms with Crippen LogP contribution in [0.1, 0.15) is 30.9 Å². The highest BCUT2D eigenvalue weighted by Crippen LogP contribution is 2.25. The maximum Gasteiger partial charge on any atom is 0.165 e. The van der Waals surface area contributed by atoms with Crippen LogP contribution in [0.15, 0.2) is 16.7 Å². The average Bonchev–Trinajstić information content (AvgIpc) is 2.75. The SMILES string of the molecule is CCNc1nc(-c2ccoc2C)nc(C)c1CC. The van der Waals surface area contributed by atoms with E-state index in [0.717, 1.165) is 41.6 Å². The number of aromatic nitrogens is 2. The van der Waals surface area contributed by atoms with Crippen molar-refractivity contribution in [2.24, 2.45) is 0 Å². The minimum absolute atomic E-state index is 0.729. The molecule has 0 amide bonds. The standard InChI is InChI=1S/C14H19N3O/c1-5-11-9(3)16-14(17-13(11)15-6-2)12-7-8-18-10(12)4/h7-8H,5-6H2,1-4H3,(H,15,16,17). The van der Waals surface area contributed by atoms with E-state index in [0.29, 0.717) is 0 Å². The molecule has 0 aliphatic rings. The van der Waals surface area contributed by atoms with Crippen molar-refractivity contribution >= 4 is 5.82 Å². The van der Waals surface area contributed by atoms with E-state index in [1.807, 2.05) is 19.9 Å². The van der Waals surface area contributed by atoms with E-state index in [9.17, 15) is 0 Å². The third-order valence-electron chi connectivity index (χ3n) is 3.01. The fourth-order valence-electron chi connectivity index (χ4n) is 2.07. The van der Waals surface area contributed by atoms with Gasteiger partial charge in [0.2, 0.25) is 0 Å². The number of aryl methyl sites for hydroxylation is 2. The molecule has 2 aromatic heterocycles. The zero-order chi connectivity index (χ0) is 13.1. The van der Waals surface area contributed by atoms with Crippen LogP contribution in [0, 0.1) is 13.8 Å². The van der Waals surface area contributed by atoms with Crippen LogP contribution >= 0.6 is 0 Å². The van der Waals surface area contributed by atoms with Gasteiger partial charge in [0.25, 0.3) is 0 Å². The van der Waals surface area contributed by atoms with Gasteiger partial charge in [-0.1, -0.05) is 6.92 Å². The number of hydrogen-bond donors (Lipinski definition) is 1. The van der Waals surface area contributed by atoms with Crippen molar-refractivity contribution in [1.82, 2.24) is 9.97 Å². The first-order chi connectivity index (χ1) is 8.67. The molecule has 0 radical (unpaired) electrons. The van der Waals surface area contributed by atoms with Gasteiger partial charge in [0, 0.05) is 17.8 Å². The molecule has 0 aliphatic heterocycles. The average molecular weight is 245 g/mol. The summed E-state index contributed by atoms with van der Waals surface area (Å²) >= 11 is 0. The summed E-state index contributed by atoms with van der Waals surface area (Å²) in [5, 5.41) is 3.31. The first kappa shape index (κ1) is 12.6. The maximum atomic E-state index is 5.31. The number of anilines is 1. The normalized spacial score (nSPS) is 10.7. The second kappa shape index (κ2) is 5.21. The van der Waals surface area contributed by atoms with Crippen molar-refractivity contribution in [3.05, 3.63) is 29.3 Å². The lowest BCUT2D eigenvalue weighted by Gasteiger charge is -2.12. The van der Waals surface area contributed by atoms with Crippen LogP contribution in [-0.4, -0.2) is 16.5 Å². The molecular weight excluding hydrogens is 226 g/mol. The quantitative estimate of drug-likeness (QED) is 0.897. The molecule has 0 aromatic carbocycles. The van der Waals surface area contributed by atoms with Gasteiger partial charge in [-0.25, -0.2) is 9.97 Å². The molecule has 0 aliphatic carbocycles. The third-order valence-corrected chi connectivity index (χ3v) is 3.01. The molecule has 0 unspecified atom stereocenters. The Morgan fingerprint density at radius 1 is 1.22 bits per heavy atom. The van der Waals surface area contributed by atoms with E-state index < -0.39 is 0 Å². The number of nitrogens with one attached hydrogen (secondary N) is 1. The Kier molecular flexibility index (Phi) is 3.65. The van der Waals surface area contributed by atoms with E-state index >= 15 is 0 Å². The third kappa shape index (κ3) is 2.23. The number of hydrogen-bond acceptors (Lipinski definition) is 4. The lowest BCUT2D eigenvalue weighted by Crippen LogP contribution is -2.08. The Bertz CT molecular complexity index is 546.